The lowest BCUT2D eigenvalue weighted by atomic mass is 10.1. The number of carbonyl (C=O) groups is 1. The molecular formula is C10H12O3. The van der Waals surface area contributed by atoms with E-state index in [0.717, 1.165) is 0 Å². The third-order valence-electron chi connectivity index (χ3n) is 1.45. The standard InChI is InChI=1S/C10H12O3/c1-10(2,12)5-3-9(11)8-4-6-13-7-8/h3-7,12H,1-2H3/b5-3+. The van der Waals surface area contributed by atoms with Crippen molar-refractivity contribution in [3.63, 3.8) is 0 Å². The molecule has 0 aromatic carbocycles. The van der Waals surface area contributed by atoms with Crippen molar-refractivity contribution in [3.8, 4) is 0 Å². The average Bonchev–Trinajstić information content (AvgIpc) is 2.50. The Morgan fingerprint density at radius 1 is 1.62 bits per heavy atom. The molecule has 0 amide bonds. The highest BCUT2D eigenvalue weighted by Gasteiger charge is 2.08. The Hall–Kier alpha value is -1.35. The number of furan rings is 1. The first-order chi connectivity index (χ1) is 5.99. The average molecular weight is 180 g/mol. The molecule has 1 aromatic heterocycles. The fraction of sp³-hybridized carbons (Fsp3) is 0.300. The quantitative estimate of drug-likeness (QED) is 0.570. The van der Waals surface area contributed by atoms with E-state index >= 15 is 0 Å². The van der Waals surface area contributed by atoms with Crippen molar-refractivity contribution >= 4 is 5.78 Å². The van der Waals surface area contributed by atoms with Gasteiger partial charge in [-0.3, -0.25) is 4.79 Å². The van der Waals surface area contributed by atoms with Gasteiger partial charge in [0.15, 0.2) is 5.78 Å². The van der Waals surface area contributed by atoms with Crippen LogP contribution in [0.3, 0.4) is 0 Å². The number of hydrogen-bond donors (Lipinski definition) is 1. The molecule has 0 aliphatic rings. The van der Waals surface area contributed by atoms with Gasteiger partial charge in [0.1, 0.15) is 6.26 Å². The van der Waals surface area contributed by atoms with E-state index in [-0.39, 0.29) is 5.78 Å². The number of aliphatic hydroxyl groups is 1. The Morgan fingerprint density at radius 2 is 2.31 bits per heavy atom. The van der Waals surface area contributed by atoms with Gasteiger partial charge >= 0.3 is 0 Å². The molecule has 0 saturated heterocycles. The molecule has 1 heterocycles. The van der Waals surface area contributed by atoms with Crippen molar-refractivity contribution in [2.45, 2.75) is 19.4 Å². The zero-order valence-corrected chi connectivity index (χ0v) is 7.65. The molecule has 3 nitrogen and oxygen atoms in total. The van der Waals surface area contributed by atoms with Gasteiger partial charge in [-0.1, -0.05) is 0 Å². The van der Waals surface area contributed by atoms with Gasteiger partial charge in [0.05, 0.1) is 17.4 Å². The minimum Gasteiger partial charge on any atom is -0.472 e. The van der Waals surface area contributed by atoms with E-state index in [1.807, 2.05) is 0 Å². The van der Waals surface area contributed by atoms with Gasteiger partial charge in [-0.15, -0.1) is 0 Å². The molecule has 1 rings (SSSR count). The summed E-state index contributed by atoms with van der Waals surface area (Å²) >= 11 is 0. The van der Waals surface area contributed by atoms with Crippen LogP contribution >= 0.6 is 0 Å². The molecule has 0 atom stereocenters. The Labute approximate surface area is 76.7 Å². The molecule has 0 fully saturated rings. The number of allylic oxidation sites excluding steroid dienone is 1. The summed E-state index contributed by atoms with van der Waals surface area (Å²) in [7, 11) is 0. The summed E-state index contributed by atoms with van der Waals surface area (Å²) in [5.41, 5.74) is -0.472. The van der Waals surface area contributed by atoms with Gasteiger partial charge in [0.25, 0.3) is 0 Å². The van der Waals surface area contributed by atoms with Crippen LogP contribution in [0.5, 0.6) is 0 Å². The normalized spacial score (nSPS) is 12.2. The van der Waals surface area contributed by atoms with Crippen molar-refractivity contribution < 1.29 is 14.3 Å². The predicted octanol–water partition coefficient (Wildman–Crippen LogP) is 1.79. The summed E-state index contributed by atoms with van der Waals surface area (Å²) in [4.78, 5) is 11.3. The second-order valence-electron chi connectivity index (χ2n) is 3.36. The maximum Gasteiger partial charge on any atom is 0.188 e. The third kappa shape index (κ3) is 3.25. The molecule has 0 aliphatic carbocycles. The van der Waals surface area contributed by atoms with Gasteiger partial charge in [-0.05, 0) is 32.1 Å². The van der Waals surface area contributed by atoms with Crippen LogP contribution in [0.4, 0.5) is 0 Å². The SMILES string of the molecule is CC(C)(O)/C=C/C(=O)c1ccoc1. The van der Waals surface area contributed by atoms with Crippen molar-refractivity contribution in [1.29, 1.82) is 0 Å². The second-order valence-corrected chi connectivity index (χ2v) is 3.36. The van der Waals surface area contributed by atoms with Crippen LogP contribution < -0.4 is 0 Å². The Balaban J connectivity index is 2.67. The van der Waals surface area contributed by atoms with Crippen LogP contribution in [0, 0.1) is 0 Å². The summed E-state index contributed by atoms with van der Waals surface area (Å²) in [5.74, 6) is -0.170. The lowest BCUT2D eigenvalue weighted by Crippen LogP contribution is -2.14. The minimum absolute atomic E-state index is 0.170. The number of carbonyl (C=O) groups excluding carboxylic acids is 1. The fourth-order valence-electron chi connectivity index (χ4n) is 0.781. The van der Waals surface area contributed by atoms with E-state index < -0.39 is 5.60 Å². The number of rotatable bonds is 3. The molecule has 1 aromatic rings. The van der Waals surface area contributed by atoms with Gasteiger partial charge in [0, 0.05) is 0 Å². The maximum atomic E-state index is 11.3. The van der Waals surface area contributed by atoms with Gasteiger partial charge in [0.2, 0.25) is 0 Å². The Morgan fingerprint density at radius 3 is 2.77 bits per heavy atom. The fourth-order valence-corrected chi connectivity index (χ4v) is 0.781. The molecule has 70 valence electrons. The van der Waals surface area contributed by atoms with Crippen LogP contribution in [0.2, 0.25) is 0 Å². The lowest BCUT2D eigenvalue weighted by molar-refractivity contribution is 0.103. The number of hydrogen-bond acceptors (Lipinski definition) is 3. The Kier molecular flexibility index (Phi) is 2.68. The molecule has 1 N–H and O–H groups in total. The van der Waals surface area contributed by atoms with E-state index in [2.05, 4.69) is 0 Å². The zero-order valence-electron chi connectivity index (χ0n) is 7.65. The topological polar surface area (TPSA) is 50.4 Å². The zero-order chi connectivity index (χ0) is 9.90. The summed E-state index contributed by atoms with van der Waals surface area (Å²) < 4.78 is 4.75. The summed E-state index contributed by atoms with van der Waals surface area (Å²) in [6.07, 6.45) is 5.59. The molecule has 0 bridgehead atoms. The molecule has 0 radical (unpaired) electrons. The van der Waals surface area contributed by atoms with E-state index in [1.165, 1.54) is 24.7 Å². The van der Waals surface area contributed by atoms with Gasteiger partial charge in [-0.25, -0.2) is 0 Å². The van der Waals surface area contributed by atoms with E-state index in [9.17, 15) is 9.90 Å². The van der Waals surface area contributed by atoms with Crippen LogP contribution in [-0.2, 0) is 0 Å². The van der Waals surface area contributed by atoms with Crippen molar-refractivity contribution in [3.05, 3.63) is 36.3 Å². The number of ketones is 1. The Bertz CT molecular complexity index is 301. The minimum atomic E-state index is -0.959. The highest BCUT2D eigenvalue weighted by molar-refractivity contribution is 6.04. The molecule has 0 saturated carbocycles. The molecule has 0 unspecified atom stereocenters. The summed E-state index contributed by atoms with van der Waals surface area (Å²) in [6, 6.07) is 1.58. The highest BCUT2D eigenvalue weighted by Crippen LogP contribution is 2.06. The van der Waals surface area contributed by atoms with Gasteiger partial charge in [-0.2, -0.15) is 0 Å². The highest BCUT2D eigenvalue weighted by atomic mass is 16.3. The van der Waals surface area contributed by atoms with E-state index in [4.69, 9.17) is 4.42 Å². The van der Waals surface area contributed by atoms with Crippen molar-refractivity contribution in [2.24, 2.45) is 0 Å². The molecule has 0 spiro atoms. The first-order valence-electron chi connectivity index (χ1n) is 3.97. The van der Waals surface area contributed by atoms with Gasteiger partial charge < -0.3 is 9.52 Å². The smallest absolute Gasteiger partial charge is 0.188 e. The molecule has 13 heavy (non-hydrogen) atoms. The summed E-state index contributed by atoms with van der Waals surface area (Å²) in [6.45, 7) is 3.21. The first kappa shape index (κ1) is 9.74. The summed E-state index contributed by atoms with van der Waals surface area (Å²) in [5, 5.41) is 9.30. The van der Waals surface area contributed by atoms with Crippen LogP contribution in [0.25, 0.3) is 0 Å². The lowest BCUT2D eigenvalue weighted by Gasteiger charge is -2.09. The van der Waals surface area contributed by atoms with Crippen LogP contribution in [0.1, 0.15) is 24.2 Å². The van der Waals surface area contributed by atoms with E-state index in [1.54, 1.807) is 19.9 Å². The maximum absolute atomic E-state index is 11.3. The monoisotopic (exact) mass is 180 g/mol. The largest absolute Gasteiger partial charge is 0.472 e. The van der Waals surface area contributed by atoms with Crippen LogP contribution in [0.15, 0.2) is 35.2 Å². The van der Waals surface area contributed by atoms with Crippen molar-refractivity contribution in [2.75, 3.05) is 0 Å². The molecule has 3 heteroatoms. The van der Waals surface area contributed by atoms with Crippen LogP contribution in [-0.4, -0.2) is 16.5 Å². The third-order valence-corrected chi connectivity index (χ3v) is 1.45. The molecular weight excluding hydrogens is 168 g/mol. The van der Waals surface area contributed by atoms with E-state index in [0.29, 0.717) is 5.56 Å². The molecule has 0 aliphatic heterocycles. The first-order valence-corrected chi connectivity index (χ1v) is 3.97. The second kappa shape index (κ2) is 3.58. The van der Waals surface area contributed by atoms with Crippen molar-refractivity contribution in [1.82, 2.24) is 0 Å². The predicted molar refractivity (Wildman–Crippen MR) is 48.5 cm³/mol.